The Kier molecular flexibility index (Phi) is 3.77. The Balaban J connectivity index is 2.06. The number of nitrogens with zero attached hydrogens (tertiary/aromatic N) is 1. The van der Waals surface area contributed by atoms with E-state index < -0.39 is 11.9 Å². The molecule has 0 aliphatic heterocycles. The summed E-state index contributed by atoms with van der Waals surface area (Å²) < 4.78 is 14.6. The average molecular weight is 247 g/mol. The van der Waals surface area contributed by atoms with Gasteiger partial charge in [0.25, 0.3) is 0 Å². The van der Waals surface area contributed by atoms with Gasteiger partial charge in [0.05, 0.1) is 5.92 Å². The fourth-order valence-corrected chi connectivity index (χ4v) is 1.88. The maximum Gasteiger partial charge on any atom is 0.308 e. The molecule has 2 aromatic rings. The van der Waals surface area contributed by atoms with Crippen LogP contribution in [0.15, 0.2) is 48.8 Å². The fourth-order valence-electron chi connectivity index (χ4n) is 1.88. The van der Waals surface area contributed by atoms with Crippen LogP contribution in [0, 0.1) is 11.7 Å². The summed E-state index contributed by atoms with van der Waals surface area (Å²) in [4.78, 5) is 11.2. The Morgan fingerprint density at radius 3 is 2.39 bits per heavy atom. The molecule has 0 fully saturated rings. The zero-order valence-electron chi connectivity index (χ0n) is 9.79. The van der Waals surface area contributed by atoms with Crippen LogP contribution in [0.3, 0.4) is 0 Å². The maximum absolute atomic E-state index is 12.8. The van der Waals surface area contributed by atoms with E-state index in [1.807, 2.05) is 29.1 Å². The van der Waals surface area contributed by atoms with E-state index in [0.717, 1.165) is 5.56 Å². The van der Waals surface area contributed by atoms with Crippen molar-refractivity contribution in [3.05, 3.63) is 60.2 Å². The average Bonchev–Trinajstić information content (AvgIpc) is 2.84. The third-order valence-electron chi connectivity index (χ3n) is 2.84. The van der Waals surface area contributed by atoms with Crippen molar-refractivity contribution in [2.24, 2.45) is 5.92 Å². The van der Waals surface area contributed by atoms with E-state index in [1.165, 1.54) is 12.1 Å². The Hall–Kier alpha value is -2.10. The molecule has 0 saturated carbocycles. The van der Waals surface area contributed by atoms with Crippen molar-refractivity contribution in [2.75, 3.05) is 0 Å². The van der Waals surface area contributed by atoms with Crippen molar-refractivity contribution in [2.45, 2.75) is 13.0 Å². The normalized spacial score (nSPS) is 12.3. The molecule has 0 bridgehead atoms. The summed E-state index contributed by atoms with van der Waals surface area (Å²) in [5.74, 6) is -1.66. The molecule has 0 spiro atoms. The highest BCUT2D eigenvalue weighted by molar-refractivity contribution is 5.70. The first-order chi connectivity index (χ1) is 8.65. The molecule has 0 saturated heterocycles. The Bertz CT molecular complexity index is 505. The lowest BCUT2D eigenvalue weighted by Gasteiger charge is -2.13. The molecule has 1 aromatic heterocycles. The van der Waals surface area contributed by atoms with Crippen LogP contribution in [0.2, 0.25) is 0 Å². The van der Waals surface area contributed by atoms with Gasteiger partial charge in [-0.25, -0.2) is 4.39 Å². The molecular formula is C14H14FNO2. The van der Waals surface area contributed by atoms with Crippen molar-refractivity contribution in [3.8, 4) is 0 Å². The number of carboxylic acids is 1. The van der Waals surface area contributed by atoms with E-state index in [9.17, 15) is 14.3 Å². The van der Waals surface area contributed by atoms with E-state index in [2.05, 4.69) is 0 Å². The fraction of sp³-hybridized carbons (Fsp3) is 0.214. The van der Waals surface area contributed by atoms with E-state index in [1.54, 1.807) is 12.1 Å². The number of halogens is 1. The molecule has 1 unspecified atom stereocenters. The summed E-state index contributed by atoms with van der Waals surface area (Å²) in [5, 5.41) is 9.20. The van der Waals surface area contributed by atoms with Crippen LogP contribution in [0.25, 0.3) is 0 Å². The van der Waals surface area contributed by atoms with Crippen LogP contribution in [-0.4, -0.2) is 15.6 Å². The second kappa shape index (κ2) is 5.49. The van der Waals surface area contributed by atoms with Crippen LogP contribution >= 0.6 is 0 Å². The van der Waals surface area contributed by atoms with Gasteiger partial charge in [-0.15, -0.1) is 0 Å². The van der Waals surface area contributed by atoms with Crippen LogP contribution in [0.5, 0.6) is 0 Å². The number of aliphatic carboxylic acids is 1. The largest absolute Gasteiger partial charge is 0.481 e. The van der Waals surface area contributed by atoms with Crippen molar-refractivity contribution in [1.82, 2.24) is 4.57 Å². The third kappa shape index (κ3) is 3.20. The van der Waals surface area contributed by atoms with Gasteiger partial charge in [0, 0.05) is 18.9 Å². The van der Waals surface area contributed by atoms with Crippen molar-refractivity contribution in [3.63, 3.8) is 0 Å². The Morgan fingerprint density at radius 1 is 1.22 bits per heavy atom. The lowest BCUT2D eigenvalue weighted by Crippen LogP contribution is -2.21. The molecule has 18 heavy (non-hydrogen) atoms. The van der Waals surface area contributed by atoms with Gasteiger partial charge in [-0.3, -0.25) is 4.79 Å². The number of hydrogen-bond donors (Lipinski definition) is 1. The number of aromatic nitrogens is 1. The minimum absolute atomic E-state index is 0.309. The van der Waals surface area contributed by atoms with E-state index in [4.69, 9.17) is 0 Å². The van der Waals surface area contributed by atoms with Crippen LogP contribution in [0.1, 0.15) is 5.56 Å². The summed E-state index contributed by atoms with van der Waals surface area (Å²) in [7, 11) is 0. The smallest absolute Gasteiger partial charge is 0.308 e. The van der Waals surface area contributed by atoms with E-state index >= 15 is 0 Å². The van der Waals surface area contributed by atoms with Gasteiger partial charge >= 0.3 is 5.97 Å². The minimum atomic E-state index is -0.840. The van der Waals surface area contributed by atoms with Gasteiger partial charge < -0.3 is 9.67 Å². The molecule has 0 radical (unpaired) electrons. The number of hydrogen-bond acceptors (Lipinski definition) is 1. The maximum atomic E-state index is 12.8. The zero-order chi connectivity index (χ0) is 13.0. The Morgan fingerprint density at radius 2 is 1.83 bits per heavy atom. The lowest BCUT2D eigenvalue weighted by atomic mass is 9.99. The minimum Gasteiger partial charge on any atom is -0.481 e. The lowest BCUT2D eigenvalue weighted by molar-refractivity contribution is -0.142. The second-order valence-corrected chi connectivity index (χ2v) is 4.25. The molecule has 3 nitrogen and oxygen atoms in total. The highest BCUT2D eigenvalue weighted by Crippen LogP contribution is 2.13. The third-order valence-corrected chi connectivity index (χ3v) is 2.84. The quantitative estimate of drug-likeness (QED) is 0.882. The standard InChI is InChI=1S/C14H14FNO2/c15-13-5-3-11(4-6-13)9-12(14(17)18)10-16-7-1-2-8-16/h1-8,12H,9-10H2,(H,17,18). The predicted molar refractivity (Wildman–Crippen MR) is 65.7 cm³/mol. The highest BCUT2D eigenvalue weighted by Gasteiger charge is 2.18. The van der Waals surface area contributed by atoms with Crippen LogP contribution in [0.4, 0.5) is 4.39 Å². The summed E-state index contributed by atoms with van der Waals surface area (Å²) in [6.45, 7) is 0.416. The van der Waals surface area contributed by atoms with E-state index in [-0.39, 0.29) is 5.82 Å². The van der Waals surface area contributed by atoms with Crippen molar-refractivity contribution in [1.29, 1.82) is 0 Å². The molecule has 1 N–H and O–H groups in total. The molecule has 4 heteroatoms. The molecule has 2 rings (SSSR count). The van der Waals surface area contributed by atoms with Gasteiger partial charge in [0.1, 0.15) is 5.82 Å². The first kappa shape index (κ1) is 12.4. The van der Waals surface area contributed by atoms with E-state index in [0.29, 0.717) is 13.0 Å². The van der Waals surface area contributed by atoms with Gasteiger partial charge in [0.2, 0.25) is 0 Å². The molecule has 0 aliphatic carbocycles. The van der Waals surface area contributed by atoms with Gasteiger partial charge in [-0.1, -0.05) is 12.1 Å². The highest BCUT2D eigenvalue weighted by atomic mass is 19.1. The molecule has 1 aromatic carbocycles. The zero-order valence-corrected chi connectivity index (χ0v) is 9.79. The summed E-state index contributed by atoms with van der Waals surface area (Å²) in [6.07, 6.45) is 4.06. The summed E-state index contributed by atoms with van der Waals surface area (Å²) in [5.41, 5.74) is 0.830. The van der Waals surface area contributed by atoms with Crippen LogP contribution < -0.4 is 0 Å². The summed E-state index contributed by atoms with van der Waals surface area (Å²) in [6, 6.07) is 9.67. The van der Waals surface area contributed by atoms with Crippen LogP contribution in [-0.2, 0) is 17.8 Å². The molecular weight excluding hydrogens is 233 g/mol. The SMILES string of the molecule is O=C(O)C(Cc1ccc(F)cc1)Cn1cccc1. The number of carbonyl (C=O) groups is 1. The first-order valence-corrected chi connectivity index (χ1v) is 5.73. The second-order valence-electron chi connectivity index (χ2n) is 4.25. The van der Waals surface area contributed by atoms with Gasteiger partial charge in [0.15, 0.2) is 0 Å². The van der Waals surface area contributed by atoms with Gasteiger partial charge in [-0.05, 0) is 36.2 Å². The number of benzene rings is 1. The number of carboxylic acid groups (broad SMARTS) is 1. The molecule has 1 heterocycles. The molecule has 94 valence electrons. The topological polar surface area (TPSA) is 42.2 Å². The molecule has 1 atom stereocenters. The number of rotatable bonds is 5. The first-order valence-electron chi connectivity index (χ1n) is 5.73. The van der Waals surface area contributed by atoms with Gasteiger partial charge in [-0.2, -0.15) is 0 Å². The van der Waals surface area contributed by atoms with Crippen molar-refractivity contribution < 1.29 is 14.3 Å². The molecule has 0 aliphatic rings. The Labute approximate surface area is 104 Å². The monoisotopic (exact) mass is 247 g/mol. The van der Waals surface area contributed by atoms with Crippen molar-refractivity contribution >= 4 is 5.97 Å². The summed E-state index contributed by atoms with van der Waals surface area (Å²) >= 11 is 0. The molecule has 0 amide bonds. The predicted octanol–water partition coefficient (Wildman–Crippen LogP) is 2.57.